The van der Waals surface area contributed by atoms with Crippen molar-refractivity contribution in [3.63, 3.8) is 0 Å². The molecule has 55 heavy (non-hydrogen) atoms. The highest BCUT2D eigenvalue weighted by atomic mass is 32.1. The van der Waals surface area contributed by atoms with Crippen LogP contribution in [0.3, 0.4) is 0 Å². The van der Waals surface area contributed by atoms with Crippen LogP contribution in [-0.2, 0) is 0 Å². The first-order chi connectivity index (χ1) is 27.3. The largest absolute Gasteiger partial charge is 0.456 e. The van der Waals surface area contributed by atoms with Gasteiger partial charge >= 0.3 is 0 Å². The summed E-state index contributed by atoms with van der Waals surface area (Å²) >= 11 is 1.86. The van der Waals surface area contributed by atoms with Gasteiger partial charge in [0.15, 0.2) is 0 Å². The number of rotatable bonds is 6. The van der Waals surface area contributed by atoms with Gasteiger partial charge in [-0.3, -0.25) is 0 Å². The van der Waals surface area contributed by atoms with Crippen molar-refractivity contribution in [2.75, 3.05) is 4.90 Å². The van der Waals surface area contributed by atoms with Crippen LogP contribution < -0.4 is 4.90 Å². The number of fused-ring (bicyclic) bond motifs is 7. The molecule has 2 aromatic heterocycles. The Bertz CT molecular complexity index is 3220. The Morgan fingerprint density at radius 1 is 0.364 bits per heavy atom. The van der Waals surface area contributed by atoms with E-state index in [1.807, 2.05) is 23.5 Å². The maximum atomic E-state index is 6.27. The van der Waals surface area contributed by atoms with Gasteiger partial charge in [0, 0.05) is 37.4 Å². The third kappa shape index (κ3) is 5.16. The molecule has 0 atom stereocenters. The highest BCUT2D eigenvalue weighted by molar-refractivity contribution is 7.26. The van der Waals surface area contributed by atoms with E-state index >= 15 is 0 Å². The molecule has 0 fully saturated rings. The van der Waals surface area contributed by atoms with Crippen molar-refractivity contribution < 1.29 is 4.42 Å². The van der Waals surface area contributed by atoms with Crippen LogP contribution in [0.4, 0.5) is 17.1 Å². The molecule has 0 unspecified atom stereocenters. The van der Waals surface area contributed by atoms with Gasteiger partial charge in [0.1, 0.15) is 11.2 Å². The lowest BCUT2D eigenvalue weighted by atomic mass is 9.90. The molecule has 0 amide bonds. The SMILES string of the molecule is c1ccc(-c2cccc3cccc(-c4ccccc4N(c4ccccc4-c4ccc5oc6ccccc6c5c4)c4cccc5c4sc4ccccc45)c23)cc1. The van der Waals surface area contributed by atoms with Crippen molar-refractivity contribution >= 4 is 81.3 Å². The third-order valence-electron chi connectivity index (χ3n) is 10.9. The predicted molar refractivity (Wildman–Crippen MR) is 235 cm³/mol. The third-order valence-corrected chi connectivity index (χ3v) is 12.1. The first kappa shape index (κ1) is 31.6. The second kappa shape index (κ2) is 12.9. The number of furan rings is 1. The Morgan fingerprint density at radius 2 is 0.964 bits per heavy atom. The number of benzene rings is 9. The summed E-state index contributed by atoms with van der Waals surface area (Å²) < 4.78 is 8.81. The molecule has 11 aromatic rings. The fraction of sp³-hybridized carbons (Fsp3) is 0. The van der Waals surface area contributed by atoms with E-state index in [9.17, 15) is 0 Å². The molecular weight excluding hydrogens is 687 g/mol. The van der Waals surface area contributed by atoms with Crippen LogP contribution in [0.1, 0.15) is 0 Å². The summed E-state index contributed by atoms with van der Waals surface area (Å²) in [6.45, 7) is 0. The average molecular weight is 720 g/mol. The molecule has 3 heteroatoms. The molecular formula is C52H33NOS. The number of thiophene rings is 1. The van der Waals surface area contributed by atoms with Crippen molar-refractivity contribution in [2.45, 2.75) is 0 Å². The summed E-state index contributed by atoms with van der Waals surface area (Å²) in [5, 5.41) is 7.25. The molecule has 258 valence electrons. The second-order valence-corrected chi connectivity index (χ2v) is 15.1. The summed E-state index contributed by atoms with van der Waals surface area (Å²) in [5.74, 6) is 0. The van der Waals surface area contributed by atoms with Crippen LogP contribution in [0.5, 0.6) is 0 Å². The van der Waals surface area contributed by atoms with Crippen molar-refractivity contribution in [1.29, 1.82) is 0 Å². The van der Waals surface area contributed by atoms with Gasteiger partial charge in [0.25, 0.3) is 0 Å². The lowest BCUT2D eigenvalue weighted by Crippen LogP contribution is -2.12. The fourth-order valence-electron chi connectivity index (χ4n) is 8.42. The van der Waals surface area contributed by atoms with Crippen LogP contribution in [0.25, 0.3) is 86.3 Å². The van der Waals surface area contributed by atoms with Crippen LogP contribution in [0, 0.1) is 0 Å². The predicted octanol–water partition coefficient (Wildman–Crippen LogP) is 15.6. The van der Waals surface area contributed by atoms with Gasteiger partial charge in [-0.2, -0.15) is 0 Å². The van der Waals surface area contributed by atoms with E-state index in [1.54, 1.807) is 0 Å². The Morgan fingerprint density at radius 3 is 1.82 bits per heavy atom. The molecule has 0 radical (unpaired) electrons. The quantitative estimate of drug-likeness (QED) is 0.170. The van der Waals surface area contributed by atoms with Crippen LogP contribution in [0.2, 0.25) is 0 Å². The minimum atomic E-state index is 0.893. The van der Waals surface area contributed by atoms with Crippen molar-refractivity contribution in [1.82, 2.24) is 0 Å². The number of anilines is 3. The Labute approximate surface area is 322 Å². The van der Waals surface area contributed by atoms with E-state index in [1.165, 1.54) is 53.2 Å². The lowest BCUT2D eigenvalue weighted by Gasteiger charge is -2.30. The van der Waals surface area contributed by atoms with E-state index in [-0.39, 0.29) is 0 Å². The first-order valence-electron chi connectivity index (χ1n) is 18.7. The lowest BCUT2D eigenvalue weighted by molar-refractivity contribution is 0.669. The van der Waals surface area contributed by atoms with E-state index in [0.29, 0.717) is 0 Å². The molecule has 0 saturated heterocycles. The molecule has 0 spiro atoms. The van der Waals surface area contributed by atoms with Gasteiger partial charge < -0.3 is 9.32 Å². The molecule has 0 bridgehead atoms. The van der Waals surface area contributed by atoms with Gasteiger partial charge in [-0.15, -0.1) is 11.3 Å². The van der Waals surface area contributed by atoms with E-state index in [0.717, 1.165) is 50.1 Å². The number of hydrogen-bond donors (Lipinski definition) is 0. The molecule has 2 heterocycles. The number of hydrogen-bond acceptors (Lipinski definition) is 3. The fourth-order valence-corrected chi connectivity index (χ4v) is 9.63. The zero-order valence-corrected chi connectivity index (χ0v) is 30.6. The number of para-hydroxylation sites is 3. The number of nitrogens with zero attached hydrogens (tertiary/aromatic N) is 1. The highest BCUT2D eigenvalue weighted by Crippen LogP contribution is 2.50. The van der Waals surface area contributed by atoms with Gasteiger partial charge in [-0.05, 0) is 75.5 Å². The standard InChI is InChI=1S/C52H33NOS/c1-2-15-34(16-3-1)38-23-12-17-35-18-13-24-42(51(35)38)39-20-5-9-27-46(39)53(47-28-14-25-43-41-22-7-11-30-50(41)55-52(43)47)45-26-8-4-19-37(45)36-31-32-49-44(33-36)40-21-6-10-29-48(40)54-49/h1-33H. The first-order valence-corrected chi connectivity index (χ1v) is 19.5. The molecule has 9 aromatic carbocycles. The summed E-state index contributed by atoms with van der Waals surface area (Å²) in [4.78, 5) is 2.50. The van der Waals surface area contributed by atoms with Gasteiger partial charge in [0.2, 0.25) is 0 Å². The molecule has 0 saturated carbocycles. The maximum absolute atomic E-state index is 6.27. The Balaban J connectivity index is 1.21. The zero-order valence-electron chi connectivity index (χ0n) is 29.8. The topological polar surface area (TPSA) is 16.4 Å². The van der Waals surface area contributed by atoms with E-state index in [4.69, 9.17) is 4.42 Å². The molecule has 0 aliphatic rings. The Hall–Kier alpha value is -6.94. The zero-order chi connectivity index (χ0) is 36.3. The minimum absolute atomic E-state index is 0.893. The maximum Gasteiger partial charge on any atom is 0.135 e. The van der Waals surface area contributed by atoms with Crippen molar-refractivity contribution in [3.8, 4) is 33.4 Å². The molecule has 0 aliphatic carbocycles. The van der Waals surface area contributed by atoms with Crippen LogP contribution in [-0.4, -0.2) is 0 Å². The van der Waals surface area contributed by atoms with Gasteiger partial charge in [-0.1, -0.05) is 158 Å². The molecule has 11 rings (SSSR count). The normalized spacial score (nSPS) is 11.6. The van der Waals surface area contributed by atoms with Crippen molar-refractivity contribution in [2.24, 2.45) is 0 Å². The summed E-state index contributed by atoms with van der Waals surface area (Å²) in [6, 6.07) is 72.3. The van der Waals surface area contributed by atoms with Crippen LogP contribution >= 0.6 is 11.3 Å². The second-order valence-electron chi connectivity index (χ2n) is 14.0. The smallest absolute Gasteiger partial charge is 0.135 e. The monoisotopic (exact) mass is 719 g/mol. The van der Waals surface area contributed by atoms with E-state index in [2.05, 4.69) is 193 Å². The van der Waals surface area contributed by atoms with E-state index < -0.39 is 0 Å². The van der Waals surface area contributed by atoms with Gasteiger partial charge in [-0.25, -0.2) is 0 Å². The molecule has 0 aliphatic heterocycles. The van der Waals surface area contributed by atoms with Gasteiger partial charge in [0.05, 0.1) is 21.8 Å². The average Bonchev–Trinajstić information content (AvgIpc) is 3.83. The minimum Gasteiger partial charge on any atom is -0.456 e. The molecule has 2 nitrogen and oxygen atoms in total. The summed E-state index contributed by atoms with van der Waals surface area (Å²) in [7, 11) is 0. The van der Waals surface area contributed by atoms with Crippen LogP contribution in [0.15, 0.2) is 205 Å². The molecule has 0 N–H and O–H groups in total. The Kier molecular flexibility index (Phi) is 7.39. The summed E-state index contributed by atoms with van der Waals surface area (Å²) in [5.41, 5.74) is 12.2. The van der Waals surface area contributed by atoms with Crippen molar-refractivity contribution in [3.05, 3.63) is 200 Å². The summed E-state index contributed by atoms with van der Waals surface area (Å²) in [6.07, 6.45) is 0. The highest BCUT2D eigenvalue weighted by Gasteiger charge is 2.24.